The van der Waals surface area contributed by atoms with Gasteiger partial charge in [-0.3, -0.25) is 4.79 Å². The Balaban J connectivity index is 2.66. The molecule has 1 unspecified atom stereocenters. The average molecular weight is 125 g/mol. The zero-order chi connectivity index (χ0) is 6.85. The third-order valence-corrected chi connectivity index (χ3v) is 1.76. The van der Waals surface area contributed by atoms with Gasteiger partial charge in [0.15, 0.2) is 0 Å². The summed E-state index contributed by atoms with van der Waals surface area (Å²) in [4.78, 5) is 10.8. The predicted octanol–water partition coefficient (Wildman–Crippen LogP) is 1.05. The van der Waals surface area contributed by atoms with Crippen molar-refractivity contribution < 1.29 is 4.79 Å². The summed E-state index contributed by atoms with van der Waals surface area (Å²) < 4.78 is 0. The molecule has 0 bridgehead atoms. The van der Waals surface area contributed by atoms with Gasteiger partial charge < -0.3 is 5.32 Å². The molecular formula is C7H11NO. The van der Waals surface area contributed by atoms with Crippen molar-refractivity contribution in [3.63, 3.8) is 0 Å². The topological polar surface area (TPSA) is 29.1 Å². The van der Waals surface area contributed by atoms with E-state index in [1.807, 2.05) is 13.1 Å². The van der Waals surface area contributed by atoms with Gasteiger partial charge in [0.25, 0.3) is 0 Å². The smallest absolute Gasteiger partial charge is 0.230 e. The van der Waals surface area contributed by atoms with Crippen molar-refractivity contribution in [1.82, 2.24) is 5.32 Å². The largest absolute Gasteiger partial charge is 0.332 e. The van der Waals surface area contributed by atoms with Crippen molar-refractivity contribution >= 4 is 5.91 Å². The van der Waals surface area contributed by atoms with E-state index >= 15 is 0 Å². The highest BCUT2D eigenvalue weighted by Crippen LogP contribution is 2.17. The zero-order valence-corrected chi connectivity index (χ0v) is 5.77. The van der Waals surface area contributed by atoms with Crippen molar-refractivity contribution in [2.45, 2.75) is 20.3 Å². The van der Waals surface area contributed by atoms with Crippen LogP contribution in [0.15, 0.2) is 11.8 Å². The molecule has 0 aliphatic carbocycles. The first-order valence-electron chi connectivity index (χ1n) is 3.25. The molecule has 0 saturated heterocycles. The number of nitrogens with one attached hydrogen (secondary N) is 1. The minimum atomic E-state index is 0.106. The normalized spacial score (nSPS) is 25.8. The Bertz CT molecular complexity index is 160. The van der Waals surface area contributed by atoms with Crippen LogP contribution in [0.4, 0.5) is 0 Å². The first-order chi connectivity index (χ1) is 4.25. The summed E-state index contributed by atoms with van der Waals surface area (Å²) in [7, 11) is 0. The first-order valence-corrected chi connectivity index (χ1v) is 3.25. The Hall–Kier alpha value is -0.790. The number of carbonyl (C=O) groups is 1. The van der Waals surface area contributed by atoms with Crippen LogP contribution in [-0.2, 0) is 4.79 Å². The lowest BCUT2D eigenvalue weighted by Crippen LogP contribution is -2.16. The molecule has 1 aliphatic heterocycles. The number of hydrogen-bond donors (Lipinski definition) is 1. The minimum Gasteiger partial charge on any atom is -0.332 e. The maximum absolute atomic E-state index is 10.8. The molecule has 50 valence electrons. The second kappa shape index (κ2) is 2.21. The van der Waals surface area contributed by atoms with E-state index in [4.69, 9.17) is 0 Å². The van der Waals surface area contributed by atoms with Gasteiger partial charge in [-0.1, -0.05) is 6.92 Å². The van der Waals surface area contributed by atoms with Gasteiger partial charge in [0.1, 0.15) is 0 Å². The monoisotopic (exact) mass is 125 g/mol. The van der Waals surface area contributed by atoms with E-state index in [2.05, 4.69) is 12.2 Å². The fraction of sp³-hybridized carbons (Fsp3) is 0.571. The Morgan fingerprint density at radius 1 is 1.78 bits per heavy atom. The molecule has 1 aliphatic rings. The second-order valence-electron chi connectivity index (χ2n) is 2.30. The maximum Gasteiger partial charge on any atom is 0.230 e. The first kappa shape index (κ1) is 6.33. The van der Waals surface area contributed by atoms with E-state index in [9.17, 15) is 4.79 Å². The molecule has 0 saturated carbocycles. The van der Waals surface area contributed by atoms with Crippen molar-refractivity contribution in [2.75, 3.05) is 0 Å². The van der Waals surface area contributed by atoms with E-state index in [-0.39, 0.29) is 11.8 Å². The van der Waals surface area contributed by atoms with Crippen LogP contribution in [0.25, 0.3) is 0 Å². The van der Waals surface area contributed by atoms with Crippen LogP contribution in [0.5, 0.6) is 0 Å². The summed E-state index contributed by atoms with van der Waals surface area (Å²) in [5.74, 6) is 0.238. The van der Waals surface area contributed by atoms with Crippen LogP contribution >= 0.6 is 0 Å². The Labute approximate surface area is 54.9 Å². The van der Waals surface area contributed by atoms with Crippen LogP contribution in [0, 0.1) is 5.92 Å². The van der Waals surface area contributed by atoms with Gasteiger partial charge in [0, 0.05) is 6.20 Å². The van der Waals surface area contributed by atoms with Crippen molar-refractivity contribution in [3.8, 4) is 0 Å². The van der Waals surface area contributed by atoms with Gasteiger partial charge in [-0.05, 0) is 18.9 Å². The quantitative estimate of drug-likeness (QED) is 0.557. The number of carbonyl (C=O) groups excluding carboxylic acids is 1. The average Bonchev–Trinajstić information content (AvgIpc) is 2.15. The number of hydrogen-bond acceptors (Lipinski definition) is 1. The molecule has 1 heterocycles. The highest BCUT2D eigenvalue weighted by Gasteiger charge is 2.20. The summed E-state index contributed by atoms with van der Waals surface area (Å²) in [5, 5.41) is 2.67. The molecule has 0 spiro atoms. The van der Waals surface area contributed by atoms with Gasteiger partial charge in [0.05, 0.1) is 5.92 Å². The van der Waals surface area contributed by atoms with Crippen molar-refractivity contribution in [3.05, 3.63) is 11.8 Å². The third kappa shape index (κ3) is 0.969. The SMILES string of the molecule is CCC1=CNC(=O)C1C. The van der Waals surface area contributed by atoms with E-state index < -0.39 is 0 Å². The van der Waals surface area contributed by atoms with Crippen molar-refractivity contribution in [1.29, 1.82) is 0 Å². The second-order valence-corrected chi connectivity index (χ2v) is 2.30. The summed E-state index contributed by atoms with van der Waals surface area (Å²) in [6, 6.07) is 0. The lowest BCUT2D eigenvalue weighted by atomic mass is 10.0. The van der Waals surface area contributed by atoms with Crippen LogP contribution < -0.4 is 5.32 Å². The third-order valence-electron chi connectivity index (χ3n) is 1.76. The van der Waals surface area contributed by atoms with E-state index in [0.29, 0.717) is 0 Å². The summed E-state index contributed by atoms with van der Waals surface area (Å²) >= 11 is 0. The van der Waals surface area contributed by atoms with Gasteiger partial charge in [-0.2, -0.15) is 0 Å². The summed E-state index contributed by atoms with van der Waals surface area (Å²) in [6.45, 7) is 3.99. The molecule has 9 heavy (non-hydrogen) atoms. The molecular weight excluding hydrogens is 114 g/mol. The van der Waals surface area contributed by atoms with Gasteiger partial charge in [-0.15, -0.1) is 0 Å². The molecule has 2 nitrogen and oxygen atoms in total. The van der Waals surface area contributed by atoms with Crippen LogP contribution in [-0.4, -0.2) is 5.91 Å². The Morgan fingerprint density at radius 3 is 2.67 bits per heavy atom. The van der Waals surface area contributed by atoms with Crippen molar-refractivity contribution in [2.24, 2.45) is 5.92 Å². The van der Waals surface area contributed by atoms with Gasteiger partial charge in [0.2, 0.25) is 5.91 Å². The molecule has 0 aromatic carbocycles. The fourth-order valence-electron chi connectivity index (χ4n) is 0.990. The molecule has 1 N–H and O–H groups in total. The lowest BCUT2D eigenvalue weighted by Gasteiger charge is -2.00. The molecule has 1 rings (SSSR count). The van der Waals surface area contributed by atoms with Gasteiger partial charge >= 0.3 is 0 Å². The molecule has 1 amide bonds. The standard InChI is InChI=1S/C7H11NO/c1-3-6-4-8-7(9)5(6)2/h4-5H,3H2,1-2H3,(H,8,9). The lowest BCUT2D eigenvalue weighted by molar-refractivity contribution is -0.121. The van der Waals surface area contributed by atoms with Gasteiger partial charge in [-0.25, -0.2) is 0 Å². The van der Waals surface area contributed by atoms with E-state index in [1.54, 1.807) is 0 Å². The maximum atomic E-state index is 10.8. The molecule has 0 aromatic rings. The minimum absolute atomic E-state index is 0.106. The fourth-order valence-corrected chi connectivity index (χ4v) is 0.990. The molecule has 0 radical (unpaired) electrons. The van der Waals surface area contributed by atoms with Crippen LogP contribution in [0.1, 0.15) is 20.3 Å². The molecule has 0 fully saturated rings. The number of amides is 1. The summed E-state index contributed by atoms with van der Waals surface area (Å²) in [5.41, 5.74) is 1.21. The van der Waals surface area contributed by atoms with E-state index in [1.165, 1.54) is 5.57 Å². The van der Waals surface area contributed by atoms with E-state index in [0.717, 1.165) is 6.42 Å². The predicted molar refractivity (Wildman–Crippen MR) is 35.7 cm³/mol. The van der Waals surface area contributed by atoms with Crippen LogP contribution in [0.3, 0.4) is 0 Å². The highest BCUT2D eigenvalue weighted by molar-refractivity contribution is 5.84. The molecule has 2 heteroatoms. The molecule has 0 aromatic heterocycles. The zero-order valence-electron chi connectivity index (χ0n) is 5.77. The Kier molecular flexibility index (Phi) is 1.56. The molecule has 1 atom stereocenters. The highest BCUT2D eigenvalue weighted by atomic mass is 16.2. The number of rotatable bonds is 1. The Morgan fingerprint density at radius 2 is 2.44 bits per heavy atom. The summed E-state index contributed by atoms with van der Waals surface area (Å²) in [6.07, 6.45) is 2.78. The van der Waals surface area contributed by atoms with Crippen LogP contribution in [0.2, 0.25) is 0 Å².